The summed E-state index contributed by atoms with van der Waals surface area (Å²) in [7, 11) is 0. The summed E-state index contributed by atoms with van der Waals surface area (Å²) < 4.78 is 64.6. The van der Waals surface area contributed by atoms with Gasteiger partial charge in [0.15, 0.2) is 0 Å². The molecule has 12 nitrogen and oxygen atoms in total. The van der Waals surface area contributed by atoms with E-state index >= 15 is 0 Å². The first kappa shape index (κ1) is 40.8. The number of nitrogens with zero attached hydrogens (tertiary/aromatic N) is 8. The Morgan fingerprint density at radius 1 is 0.684 bits per heavy atom. The van der Waals surface area contributed by atoms with Crippen LogP contribution in [-0.4, -0.2) is 114 Å². The quantitative estimate of drug-likeness (QED) is 0.213. The van der Waals surface area contributed by atoms with Gasteiger partial charge in [-0.25, -0.2) is 41.7 Å². The summed E-state index contributed by atoms with van der Waals surface area (Å²) in [5.74, 6) is -0.0000489. The summed E-state index contributed by atoms with van der Waals surface area (Å²) in [6.45, 7) is 7.36. The third-order valence-electron chi connectivity index (χ3n) is 11.8. The number of nitrogens with one attached hydrogen (secondary N) is 1. The highest BCUT2D eigenvalue weighted by molar-refractivity contribution is 5.68. The van der Waals surface area contributed by atoms with Crippen LogP contribution in [0.25, 0.3) is 0 Å². The fourth-order valence-electron chi connectivity index (χ4n) is 9.43. The summed E-state index contributed by atoms with van der Waals surface area (Å²) in [5, 5.41) is 11.5. The highest BCUT2D eigenvalue weighted by Crippen LogP contribution is 2.45. The van der Waals surface area contributed by atoms with E-state index in [4.69, 9.17) is 10.5 Å². The van der Waals surface area contributed by atoms with Gasteiger partial charge in [-0.05, 0) is 100 Å². The molecule has 0 radical (unpaired) electrons. The van der Waals surface area contributed by atoms with Crippen LogP contribution in [0.1, 0.15) is 94.3 Å². The van der Waals surface area contributed by atoms with Crippen molar-refractivity contribution in [1.29, 1.82) is 0 Å². The van der Waals surface area contributed by atoms with E-state index in [1.54, 1.807) is 33.4 Å². The van der Waals surface area contributed by atoms with Gasteiger partial charge < -0.3 is 15.8 Å². The molecule has 0 unspecified atom stereocenters. The van der Waals surface area contributed by atoms with Gasteiger partial charge in [-0.3, -0.25) is 9.80 Å². The lowest BCUT2D eigenvalue weighted by molar-refractivity contribution is 0.0341. The molecule has 4 heterocycles. The number of amides is 1. The number of hydrogen-bond acceptors (Lipinski definition) is 9. The molecule has 16 heteroatoms. The standard InChI is InChI=1S/C23H31F2N5O2.C18H23F2N5/c1-23(2,3)32-22(31)28-19-10-18(25)11-29(12-19)20-8-16(15-4-6-17(24)7-5-15)9-21(20)30-14-26-13-27-30;19-14-3-1-12(2-4-14)13-5-17(18(6-13)25-11-22-10-23-25)24-8-15(20)7-16(21)9-24/h4-7,13-14,16,18-21H,8-12H2,1-3H3,(H,28,31);1-4,10-11,13,15-18H,5-9,21H2/t16-,18+,19+,20+,21+;13-,15+,16+,17+,18+/m00/s1. The molecule has 2 aromatic heterocycles. The zero-order chi connectivity index (χ0) is 40.3. The Labute approximate surface area is 331 Å². The SMILES string of the molecule is CC(C)(C)OC(=O)N[C@@H]1C[C@@H](F)CN([C@@H]2C[C@H](c3ccc(F)cc3)C[C@H]2n2cncn2)C1.N[C@@H]1C[C@@H](F)CN([C@@H]2C[C@H](c3ccc(F)cc3)C[C@H]2n2cncn2)C1. The minimum Gasteiger partial charge on any atom is -0.444 e. The van der Waals surface area contributed by atoms with Crippen molar-refractivity contribution in [3.05, 3.63) is 96.6 Å². The van der Waals surface area contributed by atoms with Crippen molar-refractivity contribution in [2.75, 3.05) is 26.2 Å². The zero-order valence-corrected chi connectivity index (χ0v) is 32.8. The van der Waals surface area contributed by atoms with Crippen LogP contribution < -0.4 is 11.1 Å². The number of alkyl halides is 2. The number of nitrogens with two attached hydrogens (primary N) is 1. The summed E-state index contributed by atoms with van der Waals surface area (Å²) in [5.41, 5.74) is 7.62. The predicted octanol–water partition coefficient (Wildman–Crippen LogP) is 6.12. The van der Waals surface area contributed by atoms with E-state index in [0.29, 0.717) is 32.6 Å². The molecule has 3 N–H and O–H groups in total. The smallest absolute Gasteiger partial charge is 0.407 e. The van der Waals surface area contributed by atoms with Gasteiger partial charge in [0.2, 0.25) is 0 Å². The van der Waals surface area contributed by atoms with Crippen LogP contribution in [0.5, 0.6) is 0 Å². The van der Waals surface area contributed by atoms with E-state index in [1.807, 2.05) is 33.6 Å². The number of rotatable bonds is 7. The second kappa shape index (κ2) is 17.6. The van der Waals surface area contributed by atoms with E-state index in [-0.39, 0.29) is 66.1 Å². The fourth-order valence-corrected chi connectivity index (χ4v) is 9.43. The average molecular weight is 795 g/mol. The van der Waals surface area contributed by atoms with Gasteiger partial charge in [0.1, 0.15) is 54.9 Å². The van der Waals surface area contributed by atoms with Crippen molar-refractivity contribution in [3.63, 3.8) is 0 Å². The maximum absolute atomic E-state index is 14.7. The van der Waals surface area contributed by atoms with Crippen LogP contribution in [0.4, 0.5) is 22.4 Å². The third kappa shape index (κ3) is 10.4. The highest BCUT2D eigenvalue weighted by atomic mass is 19.1. The Morgan fingerprint density at radius 2 is 1.14 bits per heavy atom. The van der Waals surface area contributed by atoms with Gasteiger partial charge in [-0.15, -0.1) is 0 Å². The number of carbonyl (C=O) groups is 1. The monoisotopic (exact) mass is 794 g/mol. The van der Waals surface area contributed by atoms with Crippen LogP contribution in [0.2, 0.25) is 0 Å². The molecular weight excluding hydrogens is 741 g/mol. The second-order valence-electron chi connectivity index (χ2n) is 17.1. The Balaban J connectivity index is 0.000000179. The van der Waals surface area contributed by atoms with Crippen LogP contribution in [0, 0.1) is 11.6 Å². The Bertz CT molecular complexity index is 1850. The molecule has 8 rings (SSSR count). The molecule has 4 aliphatic rings. The maximum Gasteiger partial charge on any atom is 0.407 e. The maximum atomic E-state index is 14.7. The fraction of sp³-hybridized carbons (Fsp3) is 0.585. The predicted molar refractivity (Wildman–Crippen MR) is 206 cm³/mol. The van der Waals surface area contributed by atoms with Crippen molar-refractivity contribution < 1.29 is 27.1 Å². The van der Waals surface area contributed by atoms with E-state index < -0.39 is 24.0 Å². The van der Waals surface area contributed by atoms with Gasteiger partial charge >= 0.3 is 6.09 Å². The molecule has 0 bridgehead atoms. The number of benzene rings is 2. The van der Waals surface area contributed by atoms with Crippen LogP contribution in [-0.2, 0) is 4.74 Å². The van der Waals surface area contributed by atoms with Gasteiger partial charge in [-0.2, -0.15) is 10.2 Å². The van der Waals surface area contributed by atoms with Crippen molar-refractivity contribution in [1.82, 2.24) is 44.6 Å². The Kier molecular flexibility index (Phi) is 12.6. The molecule has 2 aliphatic carbocycles. The molecule has 308 valence electrons. The molecular formula is C41H54F4N10O2. The largest absolute Gasteiger partial charge is 0.444 e. The molecule has 1 amide bonds. The molecule has 2 aromatic carbocycles. The number of alkyl carbamates (subject to hydrolysis) is 1. The van der Waals surface area contributed by atoms with Crippen molar-refractivity contribution in [2.45, 2.75) is 125 Å². The Hall–Kier alpha value is -4.41. The lowest BCUT2D eigenvalue weighted by Gasteiger charge is -2.40. The van der Waals surface area contributed by atoms with Gasteiger partial charge in [-0.1, -0.05) is 24.3 Å². The minimum atomic E-state index is -1.05. The summed E-state index contributed by atoms with van der Waals surface area (Å²) >= 11 is 0. The molecule has 2 saturated carbocycles. The number of likely N-dealkylation sites (tertiary alicyclic amines) is 2. The first-order valence-corrected chi connectivity index (χ1v) is 20.0. The first-order valence-electron chi connectivity index (χ1n) is 20.0. The number of piperidine rings is 2. The van der Waals surface area contributed by atoms with Crippen molar-refractivity contribution in [2.24, 2.45) is 5.73 Å². The molecule has 10 atom stereocenters. The summed E-state index contributed by atoms with van der Waals surface area (Å²) in [6, 6.07) is 13.1. The molecule has 0 spiro atoms. The van der Waals surface area contributed by atoms with Crippen molar-refractivity contribution in [3.8, 4) is 0 Å². The zero-order valence-electron chi connectivity index (χ0n) is 32.8. The van der Waals surface area contributed by atoms with Crippen LogP contribution >= 0.6 is 0 Å². The van der Waals surface area contributed by atoms with Crippen molar-refractivity contribution >= 4 is 6.09 Å². The lowest BCUT2D eigenvalue weighted by atomic mass is 9.96. The normalized spacial score (nSPS) is 31.1. The number of halogens is 4. The second-order valence-corrected chi connectivity index (χ2v) is 17.1. The highest BCUT2D eigenvalue weighted by Gasteiger charge is 2.44. The lowest BCUT2D eigenvalue weighted by Crippen LogP contribution is -2.55. The summed E-state index contributed by atoms with van der Waals surface area (Å²) in [4.78, 5) is 24.7. The molecule has 2 saturated heterocycles. The van der Waals surface area contributed by atoms with Gasteiger partial charge in [0.25, 0.3) is 0 Å². The van der Waals surface area contributed by atoms with Crippen LogP contribution in [0.3, 0.4) is 0 Å². The average Bonchev–Trinajstić information content (AvgIpc) is 3.98. The minimum absolute atomic E-state index is 0.0139. The van der Waals surface area contributed by atoms with Gasteiger partial charge in [0.05, 0.1) is 12.1 Å². The molecule has 4 aromatic rings. The van der Waals surface area contributed by atoms with E-state index in [2.05, 4.69) is 35.3 Å². The van der Waals surface area contributed by atoms with E-state index in [9.17, 15) is 22.4 Å². The summed E-state index contributed by atoms with van der Waals surface area (Å²) in [6.07, 6.45) is 8.04. The number of hydrogen-bond donors (Lipinski definition) is 2. The van der Waals surface area contributed by atoms with E-state index in [0.717, 1.165) is 36.8 Å². The molecule has 57 heavy (non-hydrogen) atoms. The number of ether oxygens (including phenoxy) is 1. The molecule has 4 fully saturated rings. The van der Waals surface area contributed by atoms with E-state index in [1.165, 1.54) is 36.9 Å². The van der Waals surface area contributed by atoms with Gasteiger partial charge in [0, 0.05) is 56.8 Å². The third-order valence-corrected chi connectivity index (χ3v) is 11.8. The Morgan fingerprint density at radius 3 is 1.58 bits per heavy atom. The van der Waals surface area contributed by atoms with Crippen LogP contribution in [0.15, 0.2) is 73.8 Å². The number of aromatic nitrogens is 6. The topological polar surface area (TPSA) is 132 Å². The first-order chi connectivity index (χ1) is 27.3. The molecule has 2 aliphatic heterocycles. The number of carbonyl (C=O) groups excluding carboxylic acids is 1.